The number of hydrogen-bond donors (Lipinski definition) is 2. The lowest BCUT2D eigenvalue weighted by Crippen LogP contribution is -2.49. The van der Waals surface area contributed by atoms with Crippen molar-refractivity contribution < 1.29 is 18.3 Å². The van der Waals surface area contributed by atoms with Crippen molar-refractivity contribution in [3.05, 3.63) is 42.5 Å². The first-order chi connectivity index (χ1) is 12.5. The van der Waals surface area contributed by atoms with Crippen LogP contribution in [0.25, 0.3) is 0 Å². The predicted octanol–water partition coefficient (Wildman–Crippen LogP) is 1.61. The standard InChI is InChI=1S/C17H21F2N5O2/c1-23-8-7-21-16(23)14-10-20-6-9-24(14)11-15(25)22-12-2-4-13(5-3-12)26-17(18)19/h2-5,7-8,14,17,20H,6,9-11H2,1H3,(H,22,25). The lowest BCUT2D eigenvalue weighted by molar-refractivity contribution is -0.118. The molecule has 1 aliphatic rings. The Hall–Kier alpha value is -2.52. The summed E-state index contributed by atoms with van der Waals surface area (Å²) in [5.74, 6) is 0.780. The van der Waals surface area contributed by atoms with Gasteiger partial charge < -0.3 is 19.9 Å². The molecule has 1 atom stereocenters. The lowest BCUT2D eigenvalue weighted by Gasteiger charge is -2.35. The topological polar surface area (TPSA) is 71.4 Å². The van der Waals surface area contributed by atoms with Gasteiger partial charge in [-0.1, -0.05) is 0 Å². The molecule has 1 aromatic heterocycles. The molecule has 0 radical (unpaired) electrons. The Morgan fingerprint density at radius 2 is 2.19 bits per heavy atom. The molecule has 1 saturated heterocycles. The molecule has 1 aliphatic heterocycles. The summed E-state index contributed by atoms with van der Waals surface area (Å²) >= 11 is 0. The molecule has 0 bridgehead atoms. The molecule has 1 aromatic carbocycles. The Kier molecular flexibility index (Phi) is 5.79. The van der Waals surface area contributed by atoms with Crippen LogP contribution in [0.15, 0.2) is 36.7 Å². The molecule has 2 N–H and O–H groups in total. The molecule has 1 unspecified atom stereocenters. The van der Waals surface area contributed by atoms with Gasteiger partial charge in [0.15, 0.2) is 0 Å². The lowest BCUT2D eigenvalue weighted by atomic mass is 10.1. The smallest absolute Gasteiger partial charge is 0.387 e. The van der Waals surface area contributed by atoms with Crippen molar-refractivity contribution in [1.82, 2.24) is 19.8 Å². The van der Waals surface area contributed by atoms with Gasteiger partial charge in [0.05, 0.1) is 12.6 Å². The number of imidazole rings is 1. The minimum atomic E-state index is -2.87. The molecule has 0 spiro atoms. The average molecular weight is 365 g/mol. The van der Waals surface area contributed by atoms with E-state index in [2.05, 4.69) is 25.3 Å². The molecule has 2 aromatic rings. The van der Waals surface area contributed by atoms with Crippen LogP contribution in [0.3, 0.4) is 0 Å². The Morgan fingerprint density at radius 3 is 2.85 bits per heavy atom. The van der Waals surface area contributed by atoms with E-state index in [4.69, 9.17) is 0 Å². The molecule has 26 heavy (non-hydrogen) atoms. The molecule has 0 saturated carbocycles. The zero-order valence-electron chi connectivity index (χ0n) is 14.4. The highest BCUT2D eigenvalue weighted by molar-refractivity contribution is 5.92. The van der Waals surface area contributed by atoms with E-state index in [9.17, 15) is 13.6 Å². The summed E-state index contributed by atoms with van der Waals surface area (Å²) in [4.78, 5) is 18.9. The highest BCUT2D eigenvalue weighted by Crippen LogP contribution is 2.21. The summed E-state index contributed by atoms with van der Waals surface area (Å²) in [7, 11) is 1.93. The fraction of sp³-hybridized carbons (Fsp3) is 0.412. The first-order valence-electron chi connectivity index (χ1n) is 8.29. The second kappa shape index (κ2) is 8.24. The van der Waals surface area contributed by atoms with E-state index in [1.807, 2.05) is 17.8 Å². The highest BCUT2D eigenvalue weighted by atomic mass is 19.3. The fourth-order valence-corrected chi connectivity index (χ4v) is 2.99. The van der Waals surface area contributed by atoms with E-state index >= 15 is 0 Å². The predicted molar refractivity (Wildman–Crippen MR) is 92.1 cm³/mol. The Balaban J connectivity index is 1.60. The Bertz CT molecular complexity index is 735. The zero-order chi connectivity index (χ0) is 18.5. The molecular weight excluding hydrogens is 344 g/mol. The molecule has 7 nitrogen and oxygen atoms in total. The van der Waals surface area contributed by atoms with Crippen LogP contribution >= 0.6 is 0 Å². The van der Waals surface area contributed by atoms with Gasteiger partial charge in [0, 0.05) is 44.8 Å². The molecule has 0 aliphatic carbocycles. The van der Waals surface area contributed by atoms with Crippen molar-refractivity contribution in [3.8, 4) is 5.75 Å². The molecule has 140 valence electrons. The van der Waals surface area contributed by atoms with E-state index in [0.717, 1.165) is 25.5 Å². The van der Waals surface area contributed by atoms with Crippen LogP contribution in [0.5, 0.6) is 5.75 Å². The van der Waals surface area contributed by atoms with E-state index < -0.39 is 6.61 Å². The number of ether oxygens (including phenoxy) is 1. The maximum absolute atomic E-state index is 12.4. The van der Waals surface area contributed by atoms with Gasteiger partial charge in [-0.15, -0.1) is 0 Å². The first kappa shape index (κ1) is 18.3. The number of rotatable bonds is 6. The van der Waals surface area contributed by atoms with Gasteiger partial charge >= 0.3 is 6.61 Å². The number of benzene rings is 1. The third-order valence-electron chi connectivity index (χ3n) is 4.22. The van der Waals surface area contributed by atoms with E-state index in [-0.39, 0.29) is 24.2 Å². The van der Waals surface area contributed by atoms with Crippen molar-refractivity contribution in [1.29, 1.82) is 0 Å². The summed E-state index contributed by atoms with van der Waals surface area (Å²) in [6.07, 6.45) is 3.62. The van der Waals surface area contributed by atoms with Gasteiger partial charge in [0.2, 0.25) is 5.91 Å². The van der Waals surface area contributed by atoms with Crippen LogP contribution < -0.4 is 15.4 Å². The number of carbonyl (C=O) groups excluding carboxylic acids is 1. The van der Waals surface area contributed by atoms with Crippen LogP contribution in [-0.4, -0.2) is 53.1 Å². The largest absolute Gasteiger partial charge is 0.435 e. The summed E-state index contributed by atoms with van der Waals surface area (Å²) in [6, 6.07) is 5.86. The van der Waals surface area contributed by atoms with Crippen molar-refractivity contribution in [2.45, 2.75) is 12.7 Å². The molecule has 1 fully saturated rings. The number of halogens is 2. The summed E-state index contributed by atoms with van der Waals surface area (Å²) in [6.45, 7) is -0.405. The number of aryl methyl sites for hydroxylation is 1. The number of aromatic nitrogens is 2. The molecule has 1 amide bonds. The van der Waals surface area contributed by atoms with Crippen molar-refractivity contribution in [2.24, 2.45) is 7.05 Å². The number of carbonyl (C=O) groups is 1. The van der Waals surface area contributed by atoms with Crippen LogP contribution in [0, 0.1) is 0 Å². The fourth-order valence-electron chi connectivity index (χ4n) is 2.99. The number of nitrogens with one attached hydrogen (secondary N) is 2. The minimum Gasteiger partial charge on any atom is -0.435 e. The van der Waals surface area contributed by atoms with Crippen molar-refractivity contribution in [3.63, 3.8) is 0 Å². The van der Waals surface area contributed by atoms with Crippen molar-refractivity contribution >= 4 is 11.6 Å². The normalized spacial score (nSPS) is 18.1. The summed E-state index contributed by atoms with van der Waals surface area (Å²) < 4.78 is 30.6. The van der Waals surface area contributed by atoms with E-state index in [1.54, 1.807) is 6.20 Å². The Labute approximate surface area is 150 Å². The number of amides is 1. The third-order valence-corrected chi connectivity index (χ3v) is 4.22. The molecule has 2 heterocycles. The van der Waals surface area contributed by atoms with E-state index in [1.165, 1.54) is 24.3 Å². The van der Waals surface area contributed by atoms with Gasteiger partial charge in [-0.3, -0.25) is 9.69 Å². The number of anilines is 1. The van der Waals surface area contributed by atoms with Crippen LogP contribution in [0.4, 0.5) is 14.5 Å². The average Bonchev–Trinajstić information content (AvgIpc) is 3.02. The summed E-state index contributed by atoms with van der Waals surface area (Å²) in [5.41, 5.74) is 0.528. The third kappa shape index (κ3) is 4.55. The monoisotopic (exact) mass is 365 g/mol. The van der Waals surface area contributed by atoms with Gasteiger partial charge in [-0.05, 0) is 24.3 Å². The zero-order valence-corrected chi connectivity index (χ0v) is 14.4. The Morgan fingerprint density at radius 1 is 1.42 bits per heavy atom. The quantitative estimate of drug-likeness (QED) is 0.814. The second-order valence-corrected chi connectivity index (χ2v) is 6.04. The number of nitrogens with zero attached hydrogens (tertiary/aromatic N) is 3. The second-order valence-electron chi connectivity index (χ2n) is 6.04. The maximum Gasteiger partial charge on any atom is 0.387 e. The highest BCUT2D eigenvalue weighted by Gasteiger charge is 2.28. The maximum atomic E-state index is 12.4. The summed E-state index contributed by atoms with van der Waals surface area (Å²) in [5, 5.41) is 6.10. The van der Waals surface area contributed by atoms with Gasteiger partial charge in [-0.25, -0.2) is 4.98 Å². The van der Waals surface area contributed by atoms with Gasteiger partial charge in [0.1, 0.15) is 11.6 Å². The van der Waals surface area contributed by atoms with E-state index in [0.29, 0.717) is 5.69 Å². The molecular formula is C17H21F2N5O2. The SMILES string of the molecule is Cn1ccnc1C1CNCCN1CC(=O)Nc1ccc(OC(F)F)cc1. The van der Waals surface area contributed by atoms with Crippen LogP contribution in [0.2, 0.25) is 0 Å². The molecule has 3 rings (SSSR count). The number of alkyl halides is 2. The minimum absolute atomic E-state index is 0.0105. The van der Waals surface area contributed by atoms with Crippen molar-refractivity contribution in [2.75, 3.05) is 31.5 Å². The molecule has 9 heteroatoms. The first-order valence-corrected chi connectivity index (χ1v) is 8.29. The van der Waals surface area contributed by atoms with Gasteiger partial charge in [0.25, 0.3) is 0 Å². The van der Waals surface area contributed by atoms with Crippen LogP contribution in [-0.2, 0) is 11.8 Å². The number of hydrogen-bond acceptors (Lipinski definition) is 5. The van der Waals surface area contributed by atoms with Gasteiger partial charge in [-0.2, -0.15) is 8.78 Å². The number of piperazine rings is 1. The van der Waals surface area contributed by atoms with Crippen LogP contribution in [0.1, 0.15) is 11.9 Å².